The molecule has 2 N–H and O–H groups in total. The van der Waals surface area contributed by atoms with E-state index in [1.54, 1.807) is 19.1 Å². The van der Waals surface area contributed by atoms with Crippen molar-refractivity contribution in [1.82, 2.24) is 10.6 Å². The number of ether oxygens (including phenoxy) is 2. The summed E-state index contributed by atoms with van der Waals surface area (Å²) in [6, 6.07) is 6.23. The maximum atomic E-state index is 12.0. The van der Waals surface area contributed by atoms with E-state index in [0.717, 1.165) is 0 Å². The Morgan fingerprint density at radius 3 is 2.60 bits per heavy atom. The minimum absolute atomic E-state index is 0.358. The van der Waals surface area contributed by atoms with Crippen molar-refractivity contribution in [3.63, 3.8) is 0 Å². The third-order valence-corrected chi connectivity index (χ3v) is 3.12. The zero-order chi connectivity index (χ0) is 14.7. The standard InChI is InChI=1S/C14H16N2O4/c1-8-11(13(17)20-3)12(16-14(18)15-8)9-6-4-5-7-10(9)19-2/h4-7,12H,1-3H3,(H2,15,16,18). The first kappa shape index (κ1) is 13.9. The van der Waals surface area contributed by atoms with Crippen molar-refractivity contribution in [2.45, 2.75) is 13.0 Å². The average molecular weight is 276 g/mol. The monoisotopic (exact) mass is 276 g/mol. The van der Waals surface area contributed by atoms with E-state index in [-0.39, 0.29) is 6.03 Å². The summed E-state index contributed by atoms with van der Waals surface area (Å²) in [6.07, 6.45) is 0. The molecular formula is C14H16N2O4. The van der Waals surface area contributed by atoms with Crippen LogP contribution in [0.3, 0.4) is 0 Å². The first-order valence-corrected chi connectivity index (χ1v) is 6.08. The van der Waals surface area contributed by atoms with Gasteiger partial charge in [-0.2, -0.15) is 0 Å². The lowest BCUT2D eigenvalue weighted by atomic mass is 9.95. The zero-order valence-electron chi connectivity index (χ0n) is 11.5. The van der Waals surface area contributed by atoms with E-state index in [2.05, 4.69) is 10.6 Å². The normalized spacial score (nSPS) is 18.1. The molecule has 0 bridgehead atoms. The van der Waals surface area contributed by atoms with Crippen LogP contribution in [0.5, 0.6) is 5.75 Å². The number of carbonyl (C=O) groups is 2. The van der Waals surface area contributed by atoms with Gasteiger partial charge < -0.3 is 20.1 Å². The van der Waals surface area contributed by atoms with Gasteiger partial charge in [-0.1, -0.05) is 18.2 Å². The van der Waals surface area contributed by atoms with Gasteiger partial charge in [0, 0.05) is 11.3 Å². The van der Waals surface area contributed by atoms with E-state index in [0.29, 0.717) is 22.6 Å². The smallest absolute Gasteiger partial charge is 0.337 e. The van der Waals surface area contributed by atoms with Crippen LogP contribution in [-0.2, 0) is 9.53 Å². The molecule has 1 aliphatic heterocycles. The minimum Gasteiger partial charge on any atom is -0.496 e. The predicted molar refractivity (Wildman–Crippen MR) is 72.1 cm³/mol. The van der Waals surface area contributed by atoms with Crippen LogP contribution in [0, 0.1) is 0 Å². The van der Waals surface area contributed by atoms with E-state index in [1.807, 2.05) is 12.1 Å². The Kier molecular flexibility index (Phi) is 3.93. The third-order valence-electron chi connectivity index (χ3n) is 3.12. The maximum absolute atomic E-state index is 12.0. The van der Waals surface area contributed by atoms with Gasteiger partial charge in [-0.3, -0.25) is 0 Å². The Bertz CT molecular complexity index is 580. The average Bonchev–Trinajstić information content (AvgIpc) is 2.45. The number of methoxy groups -OCH3 is 2. The molecule has 1 aromatic carbocycles. The second-order valence-electron chi connectivity index (χ2n) is 4.30. The van der Waals surface area contributed by atoms with Crippen molar-refractivity contribution in [2.24, 2.45) is 0 Å². The number of rotatable bonds is 3. The summed E-state index contributed by atoms with van der Waals surface area (Å²) in [5, 5.41) is 5.28. The highest BCUT2D eigenvalue weighted by molar-refractivity contribution is 5.95. The molecule has 20 heavy (non-hydrogen) atoms. The van der Waals surface area contributed by atoms with Crippen LogP contribution < -0.4 is 15.4 Å². The Hall–Kier alpha value is -2.50. The van der Waals surface area contributed by atoms with Crippen LogP contribution in [0.15, 0.2) is 35.5 Å². The number of allylic oxidation sites excluding steroid dienone is 1. The summed E-state index contributed by atoms with van der Waals surface area (Å²) in [7, 11) is 2.84. The maximum Gasteiger partial charge on any atom is 0.337 e. The first-order chi connectivity index (χ1) is 9.58. The first-order valence-electron chi connectivity index (χ1n) is 6.08. The molecule has 1 heterocycles. The molecule has 0 fully saturated rings. The van der Waals surface area contributed by atoms with Crippen LogP contribution in [0.2, 0.25) is 0 Å². The van der Waals surface area contributed by atoms with E-state index < -0.39 is 12.0 Å². The number of esters is 1. The van der Waals surface area contributed by atoms with E-state index in [4.69, 9.17) is 9.47 Å². The van der Waals surface area contributed by atoms with Gasteiger partial charge in [0.05, 0.1) is 25.8 Å². The number of benzene rings is 1. The fraction of sp³-hybridized carbons (Fsp3) is 0.286. The number of hydrogen-bond acceptors (Lipinski definition) is 4. The molecular weight excluding hydrogens is 260 g/mol. The molecule has 106 valence electrons. The molecule has 6 nitrogen and oxygen atoms in total. The molecule has 1 unspecified atom stereocenters. The molecule has 2 amide bonds. The van der Waals surface area contributed by atoms with Gasteiger partial charge in [0.15, 0.2) is 0 Å². The largest absolute Gasteiger partial charge is 0.496 e. The molecule has 1 aliphatic rings. The lowest BCUT2D eigenvalue weighted by molar-refractivity contribution is -0.136. The Morgan fingerprint density at radius 1 is 1.25 bits per heavy atom. The Morgan fingerprint density at radius 2 is 1.95 bits per heavy atom. The summed E-state index contributed by atoms with van der Waals surface area (Å²) in [5.74, 6) is 0.0970. The Balaban J connectivity index is 2.54. The third kappa shape index (κ3) is 2.45. The van der Waals surface area contributed by atoms with Crippen molar-refractivity contribution in [2.75, 3.05) is 14.2 Å². The molecule has 0 saturated heterocycles. The minimum atomic E-state index is -0.604. The SMILES string of the molecule is COC(=O)C1=C(C)NC(=O)NC1c1ccccc1OC. The number of urea groups is 1. The summed E-state index contributed by atoms with van der Waals surface area (Å²) in [5.41, 5.74) is 1.53. The summed E-state index contributed by atoms with van der Waals surface area (Å²) in [4.78, 5) is 23.6. The molecule has 0 radical (unpaired) electrons. The zero-order valence-corrected chi connectivity index (χ0v) is 11.5. The van der Waals surface area contributed by atoms with Crippen LogP contribution in [0.25, 0.3) is 0 Å². The summed E-state index contributed by atoms with van der Waals surface area (Å²) < 4.78 is 10.1. The van der Waals surface area contributed by atoms with Gasteiger partial charge in [0.25, 0.3) is 0 Å². The number of amides is 2. The fourth-order valence-corrected chi connectivity index (χ4v) is 2.21. The van der Waals surface area contributed by atoms with Crippen LogP contribution in [0.1, 0.15) is 18.5 Å². The summed E-state index contributed by atoms with van der Waals surface area (Å²) >= 11 is 0. The van der Waals surface area contributed by atoms with E-state index in [1.165, 1.54) is 14.2 Å². The highest BCUT2D eigenvalue weighted by Crippen LogP contribution is 2.33. The van der Waals surface area contributed by atoms with E-state index >= 15 is 0 Å². The number of hydrogen-bond donors (Lipinski definition) is 2. The highest BCUT2D eigenvalue weighted by atomic mass is 16.5. The second-order valence-corrected chi connectivity index (χ2v) is 4.30. The Labute approximate surface area is 116 Å². The van der Waals surface area contributed by atoms with Gasteiger partial charge >= 0.3 is 12.0 Å². The molecule has 0 spiro atoms. The van der Waals surface area contributed by atoms with Crippen molar-refractivity contribution in [3.05, 3.63) is 41.1 Å². The second kappa shape index (κ2) is 5.64. The molecule has 6 heteroatoms. The quantitative estimate of drug-likeness (QED) is 0.820. The molecule has 0 saturated carbocycles. The van der Waals surface area contributed by atoms with Crippen molar-refractivity contribution >= 4 is 12.0 Å². The molecule has 1 atom stereocenters. The lowest BCUT2D eigenvalue weighted by Crippen LogP contribution is -2.45. The van der Waals surface area contributed by atoms with Crippen molar-refractivity contribution in [3.8, 4) is 5.75 Å². The van der Waals surface area contributed by atoms with Gasteiger partial charge in [-0.15, -0.1) is 0 Å². The lowest BCUT2D eigenvalue weighted by Gasteiger charge is -2.28. The number of para-hydroxylation sites is 1. The van der Waals surface area contributed by atoms with Crippen LogP contribution in [0.4, 0.5) is 4.79 Å². The molecule has 0 aromatic heterocycles. The van der Waals surface area contributed by atoms with Gasteiger partial charge in [0.2, 0.25) is 0 Å². The predicted octanol–water partition coefficient (Wildman–Crippen LogP) is 1.50. The van der Waals surface area contributed by atoms with Gasteiger partial charge in [-0.25, -0.2) is 9.59 Å². The molecule has 0 aliphatic carbocycles. The van der Waals surface area contributed by atoms with Crippen molar-refractivity contribution < 1.29 is 19.1 Å². The van der Waals surface area contributed by atoms with Gasteiger partial charge in [-0.05, 0) is 13.0 Å². The van der Waals surface area contributed by atoms with E-state index in [9.17, 15) is 9.59 Å². The summed E-state index contributed by atoms with van der Waals surface area (Å²) in [6.45, 7) is 1.66. The van der Waals surface area contributed by atoms with Crippen LogP contribution >= 0.6 is 0 Å². The fourth-order valence-electron chi connectivity index (χ4n) is 2.21. The topological polar surface area (TPSA) is 76.7 Å². The molecule has 1 aromatic rings. The number of carbonyl (C=O) groups excluding carboxylic acids is 2. The van der Waals surface area contributed by atoms with Crippen LogP contribution in [-0.4, -0.2) is 26.2 Å². The van der Waals surface area contributed by atoms with Crippen molar-refractivity contribution in [1.29, 1.82) is 0 Å². The number of nitrogens with one attached hydrogen (secondary N) is 2. The highest BCUT2D eigenvalue weighted by Gasteiger charge is 2.33. The van der Waals surface area contributed by atoms with Gasteiger partial charge in [0.1, 0.15) is 5.75 Å². The molecule has 2 rings (SSSR count).